The first-order valence-corrected chi connectivity index (χ1v) is 12.7. The fourth-order valence-electron chi connectivity index (χ4n) is 5.34. The lowest BCUT2D eigenvalue weighted by Crippen LogP contribution is -2.31. The molecule has 4 aromatic rings. The van der Waals surface area contributed by atoms with Crippen LogP contribution in [-0.4, -0.2) is 47.5 Å². The predicted octanol–water partition coefficient (Wildman–Crippen LogP) is 5.96. The second-order valence-corrected chi connectivity index (χ2v) is 9.52. The summed E-state index contributed by atoms with van der Waals surface area (Å²) in [6.45, 7) is 6.03. The number of ketones is 1. The molecule has 0 amide bonds. The van der Waals surface area contributed by atoms with E-state index >= 15 is 0 Å². The fourth-order valence-corrected chi connectivity index (χ4v) is 5.34. The number of aromatic amines is 1. The topological polar surface area (TPSA) is 59.5 Å². The van der Waals surface area contributed by atoms with Crippen molar-refractivity contribution in [2.45, 2.75) is 52.1 Å². The molecular weight excluding hydrogens is 438 g/mol. The van der Waals surface area contributed by atoms with Crippen molar-refractivity contribution in [1.82, 2.24) is 14.5 Å². The van der Waals surface area contributed by atoms with Crippen molar-refractivity contribution in [2.24, 2.45) is 0 Å². The van der Waals surface area contributed by atoms with Crippen molar-refractivity contribution in [3.8, 4) is 11.5 Å². The van der Waals surface area contributed by atoms with Gasteiger partial charge in [0, 0.05) is 71.9 Å². The van der Waals surface area contributed by atoms with Crippen molar-refractivity contribution in [2.75, 3.05) is 27.3 Å². The van der Waals surface area contributed by atoms with Crippen LogP contribution in [0.15, 0.2) is 42.6 Å². The number of carbonyl (C=O) groups excluding carboxylic acids is 1. The first kappa shape index (κ1) is 23.5. The number of hydrogen-bond acceptors (Lipinski definition) is 4. The average molecular weight is 474 g/mol. The number of nitrogens with zero attached hydrogens (tertiary/aromatic N) is 2. The molecule has 2 aromatic carbocycles. The molecule has 0 fully saturated rings. The highest BCUT2D eigenvalue weighted by atomic mass is 16.5. The third-order valence-corrected chi connectivity index (χ3v) is 7.28. The van der Waals surface area contributed by atoms with Crippen LogP contribution in [0.5, 0.6) is 11.5 Å². The predicted molar refractivity (Wildman–Crippen MR) is 141 cm³/mol. The number of ether oxygens (including phenoxy) is 2. The number of aryl methyl sites for hydroxylation is 1. The number of nitrogens with one attached hydrogen (secondary N) is 1. The Hall–Kier alpha value is -3.25. The Labute approximate surface area is 206 Å². The van der Waals surface area contributed by atoms with Gasteiger partial charge in [-0.15, -0.1) is 0 Å². The van der Waals surface area contributed by atoms with Crippen molar-refractivity contribution < 1.29 is 14.3 Å². The summed E-state index contributed by atoms with van der Waals surface area (Å²) in [5.74, 6) is 1.92. The molecule has 1 aliphatic rings. The van der Waals surface area contributed by atoms with Gasteiger partial charge in [-0.3, -0.25) is 9.69 Å². The highest BCUT2D eigenvalue weighted by Crippen LogP contribution is 2.31. The Kier molecular flexibility index (Phi) is 6.82. The zero-order valence-corrected chi connectivity index (χ0v) is 21.0. The van der Waals surface area contributed by atoms with Crippen LogP contribution in [0.3, 0.4) is 0 Å². The van der Waals surface area contributed by atoms with Gasteiger partial charge in [-0.2, -0.15) is 0 Å². The van der Waals surface area contributed by atoms with Gasteiger partial charge in [-0.25, -0.2) is 0 Å². The van der Waals surface area contributed by atoms with E-state index in [2.05, 4.69) is 45.8 Å². The first-order chi connectivity index (χ1) is 17.1. The molecule has 0 bridgehead atoms. The largest absolute Gasteiger partial charge is 0.497 e. The molecule has 35 heavy (non-hydrogen) atoms. The molecule has 0 atom stereocenters. The molecule has 5 rings (SSSR count). The number of fused-ring (bicyclic) bond motifs is 4. The van der Waals surface area contributed by atoms with E-state index in [9.17, 15) is 4.79 Å². The summed E-state index contributed by atoms with van der Waals surface area (Å²) in [5.41, 5.74) is 5.87. The van der Waals surface area contributed by atoms with Crippen molar-refractivity contribution in [3.63, 3.8) is 0 Å². The summed E-state index contributed by atoms with van der Waals surface area (Å²) in [4.78, 5) is 19.1. The molecule has 1 N–H and O–H groups in total. The summed E-state index contributed by atoms with van der Waals surface area (Å²) in [6, 6.07) is 12.3. The highest BCUT2D eigenvalue weighted by Gasteiger charge is 2.21. The quantitative estimate of drug-likeness (QED) is 0.289. The van der Waals surface area contributed by atoms with Crippen molar-refractivity contribution in [1.29, 1.82) is 0 Å². The van der Waals surface area contributed by atoms with Gasteiger partial charge < -0.3 is 19.0 Å². The third-order valence-electron chi connectivity index (χ3n) is 7.28. The SMILES string of the molecule is CCCCC(=O)c1cn(CCCN2CCc3c([nH]c4ccc(OC)cc34)C2)c2ccc(OC)cc12. The summed E-state index contributed by atoms with van der Waals surface area (Å²) >= 11 is 0. The van der Waals surface area contributed by atoms with Crippen LogP contribution in [0, 0.1) is 0 Å². The minimum Gasteiger partial charge on any atom is -0.497 e. The number of benzene rings is 2. The smallest absolute Gasteiger partial charge is 0.165 e. The van der Waals surface area contributed by atoms with Gasteiger partial charge in [0.15, 0.2) is 5.78 Å². The van der Waals surface area contributed by atoms with E-state index in [0.717, 1.165) is 79.8 Å². The Morgan fingerprint density at radius 1 is 1.00 bits per heavy atom. The normalized spacial score (nSPS) is 13.9. The molecule has 0 spiro atoms. The molecule has 2 aromatic heterocycles. The standard InChI is InChI=1S/C29H35N3O3/c1-4-5-7-29(33)25-18-32(28-11-9-21(35-3)17-24(25)28)14-6-13-31-15-12-22-23-16-20(34-2)8-10-26(23)30-27(22)19-31/h8-11,16-18,30H,4-7,12-15,19H2,1-3H3. The van der Waals surface area contributed by atoms with Gasteiger partial charge in [-0.05, 0) is 61.2 Å². The lowest BCUT2D eigenvalue weighted by molar-refractivity contribution is 0.0981. The molecular formula is C29H35N3O3. The minimum atomic E-state index is 0.225. The molecule has 3 heterocycles. The Balaban J connectivity index is 1.28. The van der Waals surface area contributed by atoms with Crippen LogP contribution in [0.1, 0.15) is 54.2 Å². The maximum Gasteiger partial charge on any atom is 0.165 e. The van der Waals surface area contributed by atoms with Gasteiger partial charge in [0.05, 0.1) is 14.2 Å². The molecule has 1 aliphatic heterocycles. The maximum absolute atomic E-state index is 12.9. The first-order valence-electron chi connectivity index (χ1n) is 12.7. The number of rotatable bonds is 10. The summed E-state index contributed by atoms with van der Waals surface area (Å²) in [7, 11) is 3.39. The number of carbonyl (C=O) groups is 1. The number of aromatic nitrogens is 2. The van der Waals surface area contributed by atoms with Crippen LogP contribution in [0.25, 0.3) is 21.8 Å². The molecule has 6 heteroatoms. The number of unbranched alkanes of at least 4 members (excludes halogenated alkanes) is 1. The van der Waals surface area contributed by atoms with E-state index in [1.54, 1.807) is 14.2 Å². The molecule has 0 saturated carbocycles. The van der Waals surface area contributed by atoms with Gasteiger partial charge in [0.2, 0.25) is 0 Å². The van der Waals surface area contributed by atoms with Gasteiger partial charge in [0.1, 0.15) is 11.5 Å². The van der Waals surface area contributed by atoms with Crippen LogP contribution >= 0.6 is 0 Å². The van der Waals surface area contributed by atoms with E-state index in [1.165, 1.54) is 22.2 Å². The van der Waals surface area contributed by atoms with Crippen molar-refractivity contribution in [3.05, 3.63) is 59.4 Å². The molecule has 6 nitrogen and oxygen atoms in total. The van der Waals surface area contributed by atoms with E-state index in [4.69, 9.17) is 9.47 Å². The summed E-state index contributed by atoms with van der Waals surface area (Å²) in [5, 5.41) is 2.29. The second-order valence-electron chi connectivity index (χ2n) is 9.52. The van der Waals surface area contributed by atoms with Crippen LogP contribution in [-0.2, 0) is 19.5 Å². The second kappa shape index (κ2) is 10.2. The monoisotopic (exact) mass is 473 g/mol. The number of hydrogen-bond donors (Lipinski definition) is 1. The molecule has 0 saturated heterocycles. The number of methoxy groups -OCH3 is 2. The molecule has 0 unspecified atom stereocenters. The number of H-pyrrole nitrogens is 1. The van der Waals surface area contributed by atoms with Gasteiger partial charge in [-0.1, -0.05) is 13.3 Å². The lowest BCUT2D eigenvalue weighted by atomic mass is 10.0. The van der Waals surface area contributed by atoms with Gasteiger partial charge >= 0.3 is 0 Å². The summed E-state index contributed by atoms with van der Waals surface area (Å²) in [6.07, 6.45) is 6.68. The Bertz CT molecular complexity index is 1350. The molecule has 0 aliphatic carbocycles. The van der Waals surface area contributed by atoms with Crippen molar-refractivity contribution >= 4 is 27.6 Å². The molecule has 184 valence electrons. The van der Waals surface area contributed by atoms with Gasteiger partial charge in [0.25, 0.3) is 0 Å². The molecule has 0 radical (unpaired) electrons. The third kappa shape index (κ3) is 4.67. The summed E-state index contributed by atoms with van der Waals surface area (Å²) < 4.78 is 13.1. The van der Waals surface area contributed by atoms with E-state index in [0.29, 0.717) is 6.42 Å². The Morgan fingerprint density at radius 3 is 2.54 bits per heavy atom. The zero-order chi connectivity index (χ0) is 24.4. The minimum absolute atomic E-state index is 0.225. The lowest BCUT2D eigenvalue weighted by Gasteiger charge is -2.27. The van der Waals surface area contributed by atoms with E-state index in [-0.39, 0.29) is 5.78 Å². The van der Waals surface area contributed by atoms with Crippen LogP contribution in [0.2, 0.25) is 0 Å². The average Bonchev–Trinajstić information content (AvgIpc) is 3.44. The fraction of sp³-hybridized carbons (Fsp3) is 0.414. The maximum atomic E-state index is 12.9. The van der Waals surface area contributed by atoms with E-state index < -0.39 is 0 Å². The van der Waals surface area contributed by atoms with Crippen LogP contribution < -0.4 is 9.47 Å². The Morgan fingerprint density at radius 2 is 1.77 bits per heavy atom. The zero-order valence-electron chi connectivity index (χ0n) is 21.0. The highest BCUT2D eigenvalue weighted by molar-refractivity contribution is 6.08. The van der Waals surface area contributed by atoms with Crippen LogP contribution in [0.4, 0.5) is 0 Å². The number of Topliss-reactive ketones (excluding diaryl/α,β-unsaturated/α-hetero) is 1. The van der Waals surface area contributed by atoms with E-state index in [1.807, 2.05) is 18.2 Å².